The number of nitrogens with one attached hydrogen (secondary N) is 2. The number of urea groups is 1. The van der Waals surface area contributed by atoms with Gasteiger partial charge in [0.2, 0.25) is 5.91 Å². The number of carbonyl (C=O) groups excluding carboxylic acids is 4. The number of esters is 1. The summed E-state index contributed by atoms with van der Waals surface area (Å²) < 4.78 is 13.5. The summed E-state index contributed by atoms with van der Waals surface area (Å²) in [6.45, 7) is 1.19. The van der Waals surface area contributed by atoms with Crippen LogP contribution in [0.4, 0.5) is 4.79 Å². The molecule has 1 aromatic heterocycles. The topological polar surface area (TPSA) is 119 Å². The molecule has 3 atom stereocenters. The zero-order valence-corrected chi connectivity index (χ0v) is 24.1. The Kier molecular flexibility index (Phi) is 7.01. The number of amides is 4. The van der Waals surface area contributed by atoms with E-state index in [4.69, 9.17) is 9.47 Å². The summed E-state index contributed by atoms with van der Waals surface area (Å²) in [5.41, 5.74) is 0.687. The first-order valence-electron chi connectivity index (χ1n) is 14.0. The molecule has 220 valence electrons. The van der Waals surface area contributed by atoms with Crippen LogP contribution in [0.1, 0.15) is 23.6 Å². The molecule has 2 N–H and O–H groups in total. The number of hydrogen-bond donors (Lipinski definition) is 2. The van der Waals surface area contributed by atoms with Crippen molar-refractivity contribution in [1.82, 2.24) is 20.1 Å². The van der Waals surface area contributed by atoms with Gasteiger partial charge in [-0.05, 0) is 29.7 Å². The van der Waals surface area contributed by atoms with E-state index in [2.05, 4.69) is 10.6 Å². The Morgan fingerprint density at radius 1 is 0.977 bits per heavy atom. The van der Waals surface area contributed by atoms with Crippen LogP contribution < -0.4 is 10.6 Å². The maximum absolute atomic E-state index is 13.6. The van der Waals surface area contributed by atoms with Crippen molar-refractivity contribution in [3.8, 4) is 0 Å². The van der Waals surface area contributed by atoms with Gasteiger partial charge in [-0.25, -0.2) is 9.59 Å². The summed E-state index contributed by atoms with van der Waals surface area (Å²) in [6.07, 6.45) is 2.11. The number of methoxy groups -OCH3 is 1. The molecule has 2 aliphatic heterocycles. The van der Waals surface area contributed by atoms with Gasteiger partial charge in [-0.1, -0.05) is 78.9 Å². The van der Waals surface area contributed by atoms with Crippen LogP contribution in [-0.2, 0) is 42.9 Å². The first-order chi connectivity index (χ1) is 20.7. The quantitative estimate of drug-likeness (QED) is 0.310. The summed E-state index contributed by atoms with van der Waals surface area (Å²) in [4.78, 5) is 54.3. The Labute approximate surface area is 248 Å². The highest BCUT2D eigenvalue weighted by Crippen LogP contribution is 2.56. The van der Waals surface area contributed by atoms with E-state index in [9.17, 15) is 19.2 Å². The molecule has 6 rings (SSSR count). The standard InChI is InChI=1S/C33H32N4O6/c1-32-29(33(43-32,22-12-6-4-7-13-22)23-14-8-5-9-15-23)37(31(41)35-30(32)40)20-27(38)34-25(28(39)42-3)18-21-19-36(2)26-17-11-10-16-24(21)26/h4-17,19,25,29H,18,20H2,1-3H3,(H,34,38)(H,35,40,41)/t25-,29+,32+/m0/s1. The van der Waals surface area contributed by atoms with Gasteiger partial charge in [0.25, 0.3) is 5.91 Å². The molecular weight excluding hydrogens is 548 g/mol. The number of benzene rings is 3. The zero-order chi connectivity index (χ0) is 30.4. The maximum atomic E-state index is 13.6. The SMILES string of the molecule is COC(=O)[C@H](Cc1cn(C)c2ccccc12)NC(=O)CN1C(=O)NC(=O)[C@]2(C)OC(c3ccccc3)(c3ccccc3)[C@H]12. The van der Waals surface area contributed by atoms with Gasteiger partial charge in [0.05, 0.1) is 7.11 Å². The molecule has 4 aromatic rings. The largest absolute Gasteiger partial charge is 0.467 e. The van der Waals surface area contributed by atoms with Crippen molar-refractivity contribution in [2.24, 2.45) is 7.05 Å². The predicted octanol–water partition coefficient (Wildman–Crippen LogP) is 3.03. The Bertz CT molecular complexity index is 1680. The van der Waals surface area contributed by atoms with Crippen molar-refractivity contribution in [2.45, 2.75) is 36.6 Å². The fourth-order valence-electron chi connectivity index (χ4n) is 6.55. The minimum atomic E-state index is -1.43. The average molecular weight is 581 g/mol. The van der Waals surface area contributed by atoms with E-state index in [1.165, 1.54) is 12.0 Å². The molecule has 10 nitrogen and oxygen atoms in total. The minimum Gasteiger partial charge on any atom is -0.467 e. The van der Waals surface area contributed by atoms with Crippen LogP contribution in [0.2, 0.25) is 0 Å². The van der Waals surface area contributed by atoms with Crippen LogP contribution in [0.15, 0.2) is 91.1 Å². The van der Waals surface area contributed by atoms with E-state index >= 15 is 0 Å². The second kappa shape index (κ2) is 10.7. The summed E-state index contributed by atoms with van der Waals surface area (Å²) in [5, 5.41) is 6.08. The fourth-order valence-corrected chi connectivity index (χ4v) is 6.55. The zero-order valence-electron chi connectivity index (χ0n) is 24.1. The van der Waals surface area contributed by atoms with Gasteiger partial charge < -0.3 is 24.3 Å². The molecule has 3 heterocycles. The number of rotatable bonds is 8. The number of hydrogen-bond acceptors (Lipinski definition) is 6. The van der Waals surface area contributed by atoms with Crippen LogP contribution in [0.25, 0.3) is 10.9 Å². The van der Waals surface area contributed by atoms with Crippen LogP contribution in [0, 0.1) is 0 Å². The number of carbonyl (C=O) groups is 4. The molecule has 0 radical (unpaired) electrons. The second-order valence-corrected chi connectivity index (χ2v) is 11.1. The van der Waals surface area contributed by atoms with Crippen molar-refractivity contribution >= 4 is 34.7 Å². The number of aromatic nitrogens is 1. The molecule has 2 saturated heterocycles. The Morgan fingerprint density at radius 3 is 2.21 bits per heavy atom. The summed E-state index contributed by atoms with van der Waals surface area (Å²) in [7, 11) is 3.18. The molecule has 0 unspecified atom stereocenters. The van der Waals surface area contributed by atoms with E-state index in [1.54, 1.807) is 6.92 Å². The number of ether oxygens (including phenoxy) is 2. The van der Waals surface area contributed by atoms with Crippen LogP contribution in [-0.4, -0.2) is 64.6 Å². The molecule has 0 aliphatic carbocycles. The summed E-state index contributed by atoms with van der Waals surface area (Å²) in [6, 6.07) is 23.9. The van der Waals surface area contributed by atoms with Crippen molar-refractivity contribution in [2.75, 3.05) is 13.7 Å². The molecule has 43 heavy (non-hydrogen) atoms. The summed E-state index contributed by atoms with van der Waals surface area (Å²) in [5.74, 6) is -1.77. The van der Waals surface area contributed by atoms with Crippen molar-refractivity contribution in [3.05, 3.63) is 108 Å². The second-order valence-electron chi connectivity index (χ2n) is 11.1. The highest BCUT2D eigenvalue weighted by Gasteiger charge is 2.72. The molecule has 0 spiro atoms. The van der Waals surface area contributed by atoms with Gasteiger partial charge in [-0.2, -0.15) is 0 Å². The number of para-hydroxylation sites is 1. The molecule has 2 fully saturated rings. The lowest BCUT2D eigenvalue weighted by atomic mass is 9.65. The van der Waals surface area contributed by atoms with Crippen molar-refractivity contribution in [3.63, 3.8) is 0 Å². The fraction of sp³-hybridized carbons (Fsp3) is 0.273. The minimum absolute atomic E-state index is 0.187. The van der Waals surface area contributed by atoms with Gasteiger partial charge in [-0.3, -0.25) is 14.9 Å². The van der Waals surface area contributed by atoms with Crippen molar-refractivity contribution in [1.29, 1.82) is 0 Å². The lowest BCUT2D eigenvalue weighted by Gasteiger charge is -2.64. The first-order valence-corrected chi connectivity index (χ1v) is 14.0. The molecule has 2 aliphatic rings. The van der Waals surface area contributed by atoms with E-state index in [-0.39, 0.29) is 6.42 Å². The lowest BCUT2D eigenvalue weighted by molar-refractivity contribution is -0.291. The van der Waals surface area contributed by atoms with E-state index in [0.717, 1.165) is 27.6 Å². The number of imide groups is 1. The molecule has 10 heteroatoms. The Hall–Kier alpha value is -4.96. The van der Waals surface area contributed by atoms with Gasteiger partial charge in [0.15, 0.2) is 5.60 Å². The highest BCUT2D eigenvalue weighted by molar-refractivity contribution is 6.04. The highest BCUT2D eigenvalue weighted by atomic mass is 16.6. The molecule has 0 bridgehead atoms. The third kappa shape index (κ3) is 4.54. The number of nitrogens with zero attached hydrogens (tertiary/aromatic N) is 2. The monoisotopic (exact) mass is 580 g/mol. The average Bonchev–Trinajstić information content (AvgIpc) is 3.33. The maximum Gasteiger partial charge on any atom is 0.328 e. The predicted molar refractivity (Wildman–Crippen MR) is 158 cm³/mol. The lowest BCUT2D eigenvalue weighted by Crippen LogP contribution is -2.84. The smallest absolute Gasteiger partial charge is 0.328 e. The van der Waals surface area contributed by atoms with Gasteiger partial charge >= 0.3 is 12.0 Å². The molecule has 4 amide bonds. The number of aryl methyl sites for hydroxylation is 1. The molecule has 3 aromatic carbocycles. The molecule has 0 saturated carbocycles. The third-order valence-electron chi connectivity index (χ3n) is 8.47. The van der Waals surface area contributed by atoms with Crippen LogP contribution in [0.3, 0.4) is 0 Å². The normalized spacial score (nSPS) is 21.4. The van der Waals surface area contributed by atoms with E-state index < -0.39 is 53.6 Å². The number of fused-ring (bicyclic) bond motifs is 2. The van der Waals surface area contributed by atoms with Gasteiger partial charge in [0, 0.05) is 30.6 Å². The van der Waals surface area contributed by atoms with Crippen molar-refractivity contribution < 1.29 is 28.7 Å². The molecular formula is C33H32N4O6. The Morgan fingerprint density at radius 2 is 1.58 bits per heavy atom. The Balaban J connectivity index is 1.32. The summed E-state index contributed by atoms with van der Waals surface area (Å²) >= 11 is 0. The van der Waals surface area contributed by atoms with E-state index in [0.29, 0.717) is 0 Å². The third-order valence-corrected chi connectivity index (χ3v) is 8.47. The van der Waals surface area contributed by atoms with Crippen LogP contribution in [0.5, 0.6) is 0 Å². The first kappa shape index (κ1) is 28.2. The van der Waals surface area contributed by atoms with E-state index in [1.807, 2.05) is 103 Å². The van der Waals surface area contributed by atoms with Crippen LogP contribution >= 0.6 is 0 Å². The van der Waals surface area contributed by atoms with Gasteiger partial charge in [0.1, 0.15) is 24.2 Å². The van der Waals surface area contributed by atoms with Gasteiger partial charge in [-0.15, -0.1) is 0 Å².